The number of hydrogen-bond acceptors (Lipinski definition) is 1. The lowest BCUT2D eigenvalue weighted by molar-refractivity contribution is 0.608. The summed E-state index contributed by atoms with van der Waals surface area (Å²) in [5.74, 6) is 1.20. The Labute approximate surface area is 263 Å². The lowest BCUT2D eigenvalue weighted by atomic mass is 9.65. The zero-order valence-corrected chi connectivity index (χ0v) is 25.6. The van der Waals surface area contributed by atoms with Crippen LogP contribution in [0.3, 0.4) is 0 Å². The van der Waals surface area contributed by atoms with E-state index in [0.29, 0.717) is 23.0 Å². The zero-order chi connectivity index (χ0) is 28.9. The van der Waals surface area contributed by atoms with Crippen molar-refractivity contribution in [3.8, 4) is 0 Å². The molecule has 1 aliphatic heterocycles. The third-order valence-electron chi connectivity index (χ3n) is 10.7. The van der Waals surface area contributed by atoms with Crippen LogP contribution in [0.4, 0.5) is 0 Å². The van der Waals surface area contributed by atoms with E-state index >= 15 is 0 Å². The highest BCUT2D eigenvalue weighted by atomic mass is 32.2. The standard InChI is InChI=1S/C43H32S/c1-25-24-36(44-43(25)27-14-6-3-7-15-27)29-22-23-35-38-32(29)19-11-21-34(38)41-37(26-12-4-2-5-13-26)33-20-10-18-30-28-16-8-9-17-31(28)40(39(30)33)42(35)41/h2-4,6-12,14-25,33,37,43H,5,13H2,1H3/t25?,33?,37-,43?/m1/s1. The van der Waals surface area contributed by atoms with E-state index in [2.05, 4.69) is 134 Å². The van der Waals surface area contributed by atoms with E-state index in [9.17, 15) is 0 Å². The van der Waals surface area contributed by atoms with Gasteiger partial charge in [-0.05, 0) is 90.8 Å². The maximum absolute atomic E-state index is 2.52. The molecular formula is C43H32S. The summed E-state index contributed by atoms with van der Waals surface area (Å²) in [5, 5.41) is 3.31. The Kier molecular flexibility index (Phi) is 5.31. The summed E-state index contributed by atoms with van der Waals surface area (Å²) < 4.78 is 0. The van der Waals surface area contributed by atoms with Crippen molar-refractivity contribution in [3.05, 3.63) is 172 Å². The van der Waals surface area contributed by atoms with E-state index in [1.807, 2.05) is 11.8 Å². The molecule has 0 saturated carbocycles. The lowest BCUT2D eigenvalue weighted by Gasteiger charge is -2.38. The van der Waals surface area contributed by atoms with Crippen LogP contribution in [-0.4, -0.2) is 0 Å². The summed E-state index contributed by atoms with van der Waals surface area (Å²) >= 11 is 2.04. The van der Waals surface area contributed by atoms with Crippen LogP contribution in [0, 0.1) is 17.8 Å². The van der Waals surface area contributed by atoms with Crippen molar-refractivity contribution in [1.82, 2.24) is 0 Å². The van der Waals surface area contributed by atoms with Gasteiger partial charge in [-0.2, -0.15) is 0 Å². The van der Waals surface area contributed by atoms with E-state index in [1.54, 1.807) is 16.7 Å². The van der Waals surface area contributed by atoms with Crippen LogP contribution in [0.25, 0.3) is 38.0 Å². The smallest absolute Gasteiger partial charge is 0.0405 e. The number of fused-ring (bicyclic) bond motifs is 6. The van der Waals surface area contributed by atoms with Gasteiger partial charge in [-0.25, -0.2) is 0 Å². The molecule has 5 aliphatic carbocycles. The van der Waals surface area contributed by atoms with Crippen LogP contribution >= 0.6 is 11.8 Å². The first-order valence-corrected chi connectivity index (χ1v) is 17.0. The Balaban J connectivity index is 1.20. The van der Waals surface area contributed by atoms with Crippen LogP contribution in [0.5, 0.6) is 0 Å². The summed E-state index contributed by atoms with van der Waals surface area (Å²) in [6.45, 7) is 2.38. The fraction of sp³-hybridized carbons (Fsp3) is 0.163. The van der Waals surface area contributed by atoms with Gasteiger partial charge in [0.25, 0.3) is 0 Å². The molecule has 0 radical (unpaired) electrons. The topological polar surface area (TPSA) is 0 Å². The summed E-state index contributed by atoms with van der Waals surface area (Å²) in [7, 11) is 0. The second-order valence-electron chi connectivity index (χ2n) is 13.0. The number of benzene rings is 4. The molecule has 4 aromatic rings. The van der Waals surface area contributed by atoms with Crippen molar-refractivity contribution in [1.29, 1.82) is 0 Å². The van der Waals surface area contributed by atoms with Crippen LogP contribution in [0.15, 0.2) is 139 Å². The van der Waals surface area contributed by atoms with Crippen molar-refractivity contribution >= 4 is 49.7 Å². The number of rotatable bonds is 3. The van der Waals surface area contributed by atoms with E-state index in [1.165, 1.54) is 65.8 Å². The van der Waals surface area contributed by atoms with Crippen LogP contribution in [0.1, 0.15) is 58.4 Å². The Morgan fingerprint density at radius 3 is 2.34 bits per heavy atom. The second kappa shape index (κ2) is 9.34. The van der Waals surface area contributed by atoms with E-state index in [-0.39, 0.29) is 0 Å². The van der Waals surface area contributed by atoms with Crippen molar-refractivity contribution in [2.24, 2.45) is 17.8 Å². The van der Waals surface area contributed by atoms with Gasteiger partial charge in [0.15, 0.2) is 0 Å². The molecule has 0 spiro atoms. The predicted molar refractivity (Wildman–Crippen MR) is 189 cm³/mol. The Bertz CT molecular complexity index is 2160. The third-order valence-corrected chi connectivity index (χ3v) is 12.3. The van der Waals surface area contributed by atoms with Gasteiger partial charge in [-0.1, -0.05) is 140 Å². The molecule has 0 nitrogen and oxygen atoms in total. The minimum Gasteiger partial charge on any atom is -0.117 e. The summed E-state index contributed by atoms with van der Waals surface area (Å²) in [5.41, 5.74) is 17.6. The average Bonchev–Trinajstić information content (AvgIpc) is 3.74. The molecular weight excluding hydrogens is 549 g/mol. The molecule has 0 bridgehead atoms. The van der Waals surface area contributed by atoms with Crippen LogP contribution < -0.4 is 0 Å². The quantitative estimate of drug-likeness (QED) is 0.232. The molecule has 44 heavy (non-hydrogen) atoms. The van der Waals surface area contributed by atoms with Gasteiger partial charge in [0.1, 0.15) is 0 Å². The van der Waals surface area contributed by atoms with Crippen LogP contribution in [0.2, 0.25) is 0 Å². The highest BCUT2D eigenvalue weighted by Crippen LogP contribution is 2.65. The predicted octanol–water partition coefficient (Wildman–Crippen LogP) is 11.5. The van der Waals surface area contributed by atoms with Gasteiger partial charge >= 0.3 is 0 Å². The first-order chi connectivity index (χ1) is 21.8. The second-order valence-corrected chi connectivity index (χ2v) is 14.2. The number of hydrogen-bond donors (Lipinski definition) is 0. The third kappa shape index (κ3) is 3.31. The molecule has 0 amide bonds. The summed E-state index contributed by atoms with van der Waals surface area (Å²) in [6, 6.07) is 32.2. The van der Waals surface area contributed by atoms with E-state index in [0.717, 1.165) is 12.8 Å². The Morgan fingerprint density at radius 2 is 1.48 bits per heavy atom. The lowest BCUT2D eigenvalue weighted by Crippen LogP contribution is -2.24. The maximum atomic E-state index is 2.52. The molecule has 0 aromatic heterocycles. The van der Waals surface area contributed by atoms with Crippen molar-refractivity contribution < 1.29 is 0 Å². The molecule has 4 atom stereocenters. The summed E-state index contributed by atoms with van der Waals surface area (Å²) in [4.78, 5) is 1.42. The van der Waals surface area contributed by atoms with Crippen LogP contribution in [-0.2, 0) is 0 Å². The minimum atomic E-state index is 0.354. The van der Waals surface area contributed by atoms with Gasteiger partial charge in [0.2, 0.25) is 0 Å². The summed E-state index contributed by atoms with van der Waals surface area (Å²) in [6.07, 6.45) is 19.0. The van der Waals surface area contributed by atoms with Gasteiger partial charge in [0.05, 0.1) is 0 Å². The van der Waals surface area contributed by atoms with E-state index < -0.39 is 0 Å². The van der Waals surface area contributed by atoms with Gasteiger partial charge in [0, 0.05) is 22.0 Å². The van der Waals surface area contributed by atoms with Gasteiger partial charge in [-0.3, -0.25) is 0 Å². The van der Waals surface area contributed by atoms with Crippen molar-refractivity contribution in [2.45, 2.75) is 25.0 Å². The molecule has 3 unspecified atom stereocenters. The van der Waals surface area contributed by atoms with Gasteiger partial charge < -0.3 is 0 Å². The Hall–Kier alpha value is -4.33. The minimum absolute atomic E-state index is 0.354. The molecule has 4 aromatic carbocycles. The highest BCUT2D eigenvalue weighted by Gasteiger charge is 2.47. The molecule has 1 heterocycles. The monoisotopic (exact) mass is 580 g/mol. The maximum Gasteiger partial charge on any atom is 0.0405 e. The van der Waals surface area contributed by atoms with Crippen molar-refractivity contribution in [3.63, 3.8) is 0 Å². The average molecular weight is 581 g/mol. The van der Waals surface area contributed by atoms with E-state index in [4.69, 9.17) is 0 Å². The largest absolute Gasteiger partial charge is 0.117 e. The van der Waals surface area contributed by atoms with Gasteiger partial charge in [-0.15, -0.1) is 11.8 Å². The molecule has 210 valence electrons. The SMILES string of the molecule is CC1C=C(c2ccc3c4c(cccc24)C2=C3C3=C4C(=CC=CC4[C@H]2C2=CC=CCC2)c2ccccc23)SC1c1ccccc1. The molecule has 0 N–H and O–H groups in total. The first kappa shape index (κ1) is 25.0. The van der Waals surface area contributed by atoms with Crippen molar-refractivity contribution in [2.75, 3.05) is 0 Å². The first-order valence-electron chi connectivity index (χ1n) is 16.1. The number of thioether (sulfide) groups is 1. The molecule has 0 fully saturated rings. The fourth-order valence-corrected chi connectivity index (χ4v) is 10.4. The zero-order valence-electron chi connectivity index (χ0n) is 24.8. The Morgan fingerprint density at radius 1 is 0.682 bits per heavy atom. The number of allylic oxidation sites excluding steroid dienone is 13. The molecule has 0 saturated heterocycles. The normalized spacial score (nSPS) is 25.6. The highest BCUT2D eigenvalue weighted by molar-refractivity contribution is 8.08. The molecule has 10 rings (SSSR count). The molecule has 6 aliphatic rings. The fourth-order valence-electron chi connectivity index (χ4n) is 8.98. The molecule has 1 heteroatoms.